The van der Waals surface area contributed by atoms with E-state index in [2.05, 4.69) is 4.98 Å². The normalized spacial score (nSPS) is 11.0. The number of para-hydroxylation sites is 1. The van der Waals surface area contributed by atoms with Crippen LogP contribution in [0.4, 0.5) is 0 Å². The van der Waals surface area contributed by atoms with Crippen molar-refractivity contribution in [2.75, 3.05) is 0 Å². The van der Waals surface area contributed by atoms with Crippen LogP contribution in [-0.4, -0.2) is 15.4 Å². The number of carbonyl (C=O) groups excluding carboxylic acids is 1. The summed E-state index contributed by atoms with van der Waals surface area (Å²) < 4.78 is 8.80. The third-order valence-corrected chi connectivity index (χ3v) is 4.89. The Morgan fingerprint density at radius 1 is 1.23 bits per heavy atom. The summed E-state index contributed by atoms with van der Waals surface area (Å²) in [5, 5.41) is 12.9. The number of fused-ring (bicyclic) bond motifs is 1. The maximum absolute atomic E-state index is 12.9. The van der Waals surface area contributed by atoms with E-state index in [1.807, 2.05) is 6.07 Å². The number of halogens is 1. The van der Waals surface area contributed by atoms with Gasteiger partial charge in [0.05, 0.1) is 11.1 Å². The molecule has 6 nitrogen and oxygen atoms in total. The van der Waals surface area contributed by atoms with Crippen molar-refractivity contribution in [1.82, 2.24) is 9.38 Å². The zero-order chi connectivity index (χ0) is 18.1. The number of rotatable bonds is 4. The molecular formula is C18H12ClN3O3S. The number of esters is 1. The van der Waals surface area contributed by atoms with E-state index in [1.54, 1.807) is 54.9 Å². The van der Waals surface area contributed by atoms with Gasteiger partial charge in [0.25, 0.3) is 11.3 Å². The number of ether oxygens (including phenoxy) is 1. The molecule has 4 aromatic rings. The quantitative estimate of drug-likeness (QED) is 0.307. The zero-order valence-electron chi connectivity index (χ0n) is 13.3. The molecule has 26 heavy (non-hydrogen) atoms. The number of imidazole rings is 1. The molecule has 3 aromatic heterocycles. The number of benzene rings is 1. The summed E-state index contributed by atoms with van der Waals surface area (Å²) in [7, 11) is 0. The van der Waals surface area contributed by atoms with Crippen molar-refractivity contribution >= 4 is 34.6 Å². The molecule has 130 valence electrons. The smallest absolute Gasteiger partial charge is 0.387 e. The minimum atomic E-state index is -0.705. The van der Waals surface area contributed by atoms with Crippen LogP contribution < -0.4 is 14.4 Å². The fourth-order valence-corrected chi connectivity index (χ4v) is 3.64. The molecule has 0 bridgehead atoms. The molecule has 0 spiro atoms. The first kappa shape index (κ1) is 16.6. The average Bonchev–Trinajstić information content (AvgIpc) is 3.17. The third-order valence-electron chi connectivity index (χ3n) is 3.79. The van der Waals surface area contributed by atoms with Crippen LogP contribution in [0.5, 0.6) is 11.6 Å². The number of hydrogen-bond donors (Lipinski definition) is 0. The Bertz CT molecular complexity index is 1090. The largest absolute Gasteiger partial charge is 0.839 e. The van der Waals surface area contributed by atoms with Gasteiger partial charge in [-0.25, -0.2) is 14.3 Å². The molecule has 0 unspecified atom stereocenters. The second-order valence-corrected chi connectivity index (χ2v) is 7.15. The summed E-state index contributed by atoms with van der Waals surface area (Å²) in [4.78, 5) is 17.4. The Balaban J connectivity index is 1.77. The molecule has 0 atom stereocenters. The van der Waals surface area contributed by atoms with Crippen molar-refractivity contribution in [3.8, 4) is 11.6 Å². The lowest BCUT2D eigenvalue weighted by molar-refractivity contribution is -0.704. The molecular weight excluding hydrogens is 374 g/mol. The number of pyridine rings is 1. The second kappa shape index (κ2) is 6.78. The summed E-state index contributed by atoms with van der Waals surface area (Å²) in [6.07, 6.45) is 3.28. The molecule has 0 saturated heterocycles. The lowest BCUT2D eigenvalue weighted by atomic mass is 10.3. The Morgan fingerprint density at radius 3 is 2.73 bits per heavy atom. The fourth-order valence-electron chi connectivity index (χ4n) is 2.67. The predicted molar refractivity (Wildman–Crippen MR) is 94.7 cm³/mol. The number of aromatic nitrogens is 3. The monoisotopic (exact) mass is 385 g/mol. The summed E-state index contributed by atoms with van der Waals surface area (Å²) in [6, 6.07) is 14.0. The molecule has 0 aliphatic carbocycles. The molecule has 8 heteroatoms. The van der Waals surface area contributed by atoms with E-state index < -0.39 is 11.8 Å². The van der Waals surface area contributed by atoms with Crippen LogP contribution in [0.25, 0.3) is 5.65 Å². The van der Waals surface area contributed by atoms with Crippen LogP contribution in [0.1, 0.15) is 15.4 Å². The van der Waals surface area contributed by atoms with Gasteiger partial charge in [0.15, 0.2) is 4.47 Å². The van der Waals surface area contributed by atoms with E-state index in [1.165, 1.54) is 20.3 Å². The molecule has 0 amide bonds. The first-order chi connectivity index (χ1) is 12.6. The van der Waals surface area contributed by atoms with Gasteiger partial charge in [0.1, 0.15) is 18.2 Å². The molecule has 0 aliphatic rings. The van der Waals surface area contributed by atoms with Gasteiger partial charge in [-0.2, -0.15) is 4.40 Å². The van der Waals surface area contributed by atoms with E-state index in [9.17, 15) is 9.90 Å². The predicted octanol–water partition coefficient (Wildman–Crippen LogP) is 2.68. The number of nitrogens with zero attached hydrogens (tertiary/aromatic N) is 3. The van der Waals surface area contributed by atoms with Gasteiger partial charge in [0.2, 0.25) is 0 Å². The summed E-state index contributed by atoms with van der Waals surface area (Å²) in [6.45, 7) is 0.273. The Hall–Kier alpha value is -2.90. The van der Waals surface area contributed by atoms with Crippen molar-refractivity contribution in [3.05, 3.63) is 76.0 Å². The molecule has 4 rings (SSSR count). The molecule has 0 fully saturated rings. The molecule has 0 N–H and O–H groups in total. The maximum atomic E-state index is 12.9. The minimum absolute atomic E-state index is 0.0555. The van der Waals surface area contributed by atoms with E-state index in [0.29, 0.717) is 15.9 Å². The van der Waals surface area contributed by atoms with Gasteiger partial charge in [-0.15, -0.1) is 11.3 Å². The summed E-state index contributed by atoms with van der Waals surface area (Å²) >= 11 is 7.16. The highest BCUT2D eigenvalue weighted by atomic mass is 35.5. The second-order valence-electron chi connectivity index (χ2n) is 5.45. The van der Waals surface area contributed by atoms with Gasteiger partial charge in [-0.3, -0.25) is 0 Å². The highest BCUT2D eigenvalue weighted by Gasteiger charge is 2.27. The SMILES string of the molecule is O=C(Oc1ccccc1)c1c([O-])[n+](Cc2cnc(Cl)s2)c2ccccn12. The Labute approximate surface area is 157 Å². The zero-order valence-corrected chi connectivity index (χ0v) is 14.9. The molecule has 3 heterocycles. The van der Waals surface area contributed by atoms with Crippen LogP contribution in [0.2, 0.25) is 4.47 Å². The van der Waals surface area contributed by atoms with E-state index in [4.69, 9.17) is 16.3 Å². The third kappa shape index (κ3) is 3.02. The van der Waals surface area contributed by atoms with Crippen molar-refractivity contribution in [2.24, 2.45) is 0 Å². The first-order valence-electron chi connectivity index (χ1n) is 7.71. The maximum Gasteiger partial charge on any atom is 0.387 e. The molecule has 0 saturated carbocycles. The lowest BCUT2D eigenvalue weighted by Gasteiger charge is -2.06. The van der Waals surface area contributed by atoms with Gasteiger partial charge in [0, 0.05) is 12.3 Å². The van der Waals surface area contributed by atoms with Crippen LogP contribution in [-0.2, 0) is 6.54 Å². The van der Waals surface area contributed by atoms with Crippen LogP contribution in [0.3, 0.4) is 0 Å². The molecule has 0 radical (unpaired) electrons. The molecule has 1 aromatic carbocycles. The van der Waals surface area contributed by atoms with E-state index in [0.717, 1.165) is 4.88 Å². The first-order valence-corrected chi connectivity index (χ1v) is 8.90. The molecule has 0 aliphatic heterocycles. The summed E-state index contributed by atoms with van der Waals surface area (Å²) in [5.74, 6) is -0.756. The number of hydrogen-bond acceptors (Lipinski definition) is 5. The van der Waals surface area contributed by atoms with Gasteiger partial charge < -0.3 is 9.84 Å². The van der Waals surface area contributed by atoms with Crippen LogP contribution in [0, 0.1) is 0 Å². The minimum Gasteiger partial charge on any atom is -0.839 e. The van der Waals surface area contributed by atoms with Crippen molar-refractivity contribution in [1.29, 1.82) is 0 Å². The highest BCUT2D eigenvalue weighted by Crippen LogP contribution is 2.21. The van der Waals surface area contributed by atoms with E-state index in [-0.39, 0.29) is 12.2 Å². The van der Waals surface area contributed by atoms with Crippen molar-refractivity contribution < 1.29 is 19.2 Å². The van der Waals surface area contributed by atoms with Crippen LogP contribution in [0.15, 0.2) is 60.9 Å². The van der Waals surface area contributed by atoms with Crippen molar-refractivity contribution in [2.45, 2.75) is 6.54 Å². The highest BCUT2D eigenvalue weighted by molar-refractivity contribution is 7.15. The Morgan fingerprint density at radius 2 is 2.00 bits per heavy atom. The van der Waals surface area contributed by atoms with E-state index >= 15 is 0 Å². The Kier molecular flexibility index (Phi) is 4.32. The van der Waals surface area contributed by atoms with Gasteiger partial charge >= 0.3 is 5.97 Å². The lowest BCUT2D eigenvalue weighted by Crippen LogP contribution is -2.36. The fraction of sp³-hybridized carbons (Fsp3) is 0.0556. The number of carbonyl (C=O) groups is 1. The van der Waals surface area contributed by atoms with Gasteiger partial charge in [-0.05, 0) is 18.2 Å². The summed E-state index contributed by atoms with van der Waals surface area (Å²) in [5.41, 5.74) is 0.530. The van der Waals surface area contributed by atoms with Gasteiger partial charge in [-0.1, -0.05) is 35.9 Å². The standard InChI is InChI=1S/C18H12ClN3O3S/c19-18-20-10-13(26-18)11-22-14-8-4-5-9-21(14)15(16(22)23)17(24)25-12-6-2-1-3-7-12/h1-10H,11H2. The number of thiazole rings is 1. The topological polar surface area (TPSA) is 70.5 Å². The average molecular weight is 386 g/mol. The van der Waals surface area contributed by atoms with Crippen molar-refractivity contribution in [3.63, 3.8) is 0 Å². The van der Waals surface area contributed by atoms with Crippen LogP contribution >= 0.6 is 22.9 Å².